The topological polar surface area (TPSA) is 300 Å². The van der Waals surface area contributed by atoms with Crippen LogP contribution in [0.3, 0.4) is 0 Å². The van der Waals surface area contributed by atoms with Gasteiger partial charge in [-0.05, 0) is 0 Å². The predicted molar refractivity (Wildman–Crippen MR) is 99.9 cm³/mol. The van der Waals surface area contributed by atoms with Crippen molar-refractivity contribution in [2.45, 2.75) is 43.4 Å². The summed E-state index contributed by atoms with van der Waals surface area (Å²) in [5, 5.41) is 24.3. The molecule has 0 spiro atoms. The second-order valence-electron chi connectivity index (χ2n) is 6.32. The van der Waals surface area contributed by atoms with Crippen molar-refractivity contribution in [2.75, 3.05) is 6.61 Å². The maximum absolute atomic E-state index is 12.3. The summed E-state index contributed by atoms with van der Waals surface area (Å²) >= 11 is 0. The van der Waals surface area contributed by atoms with Gasteiger partial charge in [-0.2, -0.15) is 0 Å². The first kappa shape index (κ1) is 27.2. The smallest absolute Gasteiger partial charge is 0.326 e. The molecule has 0 aromatic carbocycles. The molecule has 0 rings (SSSR count). The second kappa shape index (κ2) is 12.7. The molecule has 16 nitrogen and oxygen atoms in total. The van der Waals surface area contributed by atoms with Crippen molar-refractivity contribution in [2.24, 2.45) is 22.9 Å². The molecule has 16 heteroatoms. The van der Waals surface area contributed by atoms with E-state index in [0.717, 1.165) is 0 Å². The molecule has 0 saturated carbocycles. The Balaban J connectivity index is 5.32. The van der Waals surface area contributed by atoms with Crippen LogP contribution in [0.5, 0.6) is 0 Å². The number of carboxylic acid groups (broad SMARTS) is 1. The summed E-state index contributed by atoms with van der Waals surface area (Å²) in [5.41, 5.74) is 20.2. The number of hydrogen-bond donors (Lipinski definition) is 9. The molecule has 0 heterocycles. The third-order valence-electron chi connectivity index (χ3n) is 3.63. The molecule has 0 aliphatic carbocycles. The fourth-order valence-corrected chi connectivity index (χ4v) is 2.14. The Kier molecular flexibility index (Phi) is 11.2. The van der Waals surface area contributed by atoms with Crippen molar-refractivity contribution >= 4 is 41.4 Å². The van der Waals surface area contributed by atoms with E-state index in [4.69, 9.17) is 28.0 Å². The zero-order valence-electron chi connectivity index (χ0n) is 16.2. The number of aliphatic hydroxyl groups excluding tert-OH is 1. The molecule has 13 N–H and O–H groups in total. The Morgan fingerprint density at radius 1 is 0.645 bits per heavy atom. The molecular weight excluding hydrogens is 422 g/mol. The van der Waals surface area contributed by atoms with Crippen LogP contribution in [0, 0.1) is 0 Å². The Labute approximate surface area is 175 Å². The Hall–Kier alpha value is -3.79. The quantitative estimate of drug-likeness (QED) is 0.121. The van der Waals surface area contributed by atoms with Crippen LogP contribution in [0.4, 0.5) is 0 Å². The number of aliphatic carboxylic acids is 1. The first-order chi connectivity index (χ1) is 14.3. The molecule has 0 fully saturated rings. The monoisotopic (exact) mass is 447 g/mol. The lowest BCUT2D eigenvalue weighted by Gasteiger charge is -2.23. The Bertz CT molecular complexity index is 742. The fourth-order valence-electron chi connectivity index (χ4n) is 2.14. The van der Waals surface area contributed by atoms with E-state index in [1.54, 1.807) is 0 Å². The summed E-state index contributed by atoms with van der Waals surface area (Å²) in [6, 6.07) is -6.55. The first-order valence-corrected chi connectivity index (χ1v) is 8.63. The minimum absolute atomic E-state index is 0.547. The van der Waals surface area contributed by atoms with Crippen LogP contribution in [0.1, 0.15) is 19.3 Å². The molecule has 4 atom stereocenters. The number of aliphatic hydroxyl groups is 1. The predicted octanol–water partition coefficient (Wildman–Crippen LogP) is -6.53. The Morgan fingerprint density at radius 2 is 1.03 bits per heavy atom. The van der Waals surface area contributed by atoms with E-state index in [0.29, 0.717) is 0 Å². The van der Waals surface area contributed by atoms with Gasteiger partial charge in [0.1, 0.15) is 18.1 Å². The number of rotatable bonds is 14. The van der Waals surface area contributed by atoms with Crippen LogP contribution in [0.2, 0.25) is 0 Å². The van der Waals surface area contributed by atoms with E-state index >= 15 is 0 Å². The third kappa shape index (κ3) is 10.5. The molecule has 0 saturated heterocycles. The highest BCUT2D eigenvalue weighted by atomic mass is 16.4. The first-order valence-electron chi connectivity index (χ1n) is 8.63. The fraction of sp³-hybridized carbons (Fsp3) is 0.533. The van der Waals surface area contributed by atoms with Gasteiger partial charge in [-0.25, -0.2) is 4.79 Å². The highest BCUT2D eigenvalue weighted by Crippen LogP contribution is 1.99. The van der Waals surface area contributed by atoms with Crippen molar-refractivity contribution in [1.29, 1.82) is 0 Å². The van der Waals surface area contributed by atoms with E-state index in [1.807, 2.05) is 16.0 Å². The van der Waals surface area contributed by atoms with Gasteiger partial charge in [-0.3, -0.25) is 28.8 Å². The summed E-state index contributed by atoms with van der Waals surface area (Å²) in [6.45, 7) is -0.967. The van der Waals surface area contributed by atoms with Gasteiger partial charge in [-0.1, -0.05) is 0 Å². The molecule has 6 amide bonds. The number of carboxylic acids is 1. The number of primary amides is 3. The van der Waals surface area contributed by atoms with E-state index < -0.39 is 91.4 Å². The average Bonchev–Trinajstić information content (AvgIpc) is 2.62. The molecule has 0 bridgehead atoms. The summed E-state index contributed by atoms with van der Waals surface area (Å²) in [5.74, 6) is -7.99. The second-order valence-corrected chi connectivity index (χ2v) is 6.32. The minimum Gasteiger partial charge on any atom is -0.480 e. The number of nitrogens with one attached hydrogen (secondary N) is 3. The summed E-state index contributed by atoms with van der Waals surface area (Å²) in [7, 11) is 0. The molecule has 0 aliphatic rings. The highest BCUT2D eigenvalue weighted by Gasteiger charge is 2.31. The number of hydrogen-bond acceptors (Lipinski definition) is 9. The maximum Gasteiger partial charge on any atom is 0.326 e. The third-order valence-corrected chi connectivity index (χ3v) is 3.63. The van der Waals surface area contributed by atoms with E-state index in [-0.39, 0.29) is 0 Å². The van der Waals surface area contributed by atoms with Crippen LogP contribution in [0.25, 0.3) is 0 Å². The highest BCUT2D eigenvalue weighted by molar-refractivity contribution is 5.97. The number of nitrogens with two attached hydrogens (primary N) is 4. The number of carbonyl (C=O) groups is 7. The van der Waals surface area contributed by atoms with Crippen molar-refractivity contribution in [1.82, 2.24) is 16.0 Å². The minimum atomic E-state index is -1.75. The largest absolute Gasteiger partial charge is 0.480 e. The normalized spacial score (nSPS) is 14.3. The summed E-state index contributed by atoms with van der Waals surface area (Å²) in [6.07, 6.45) is -2.10. The van der Waals surface area contributed by atoms with Gasteiger partial charge < -0.3 is 49.1 Å². The maximum atomic E-state index is 12.3. The van der Waals surface area contributed by atoms with E-state index in [1.165, 1.54) is 0 Å². The van der Waals surface area contributed by atoms with Crippen molar-refractivity contribution in [3.05, 3.63) is 0 Å². The van der Waals surface area contributed by atoms with Gasteiger partial charge in [-0.15, -0.1) is 0 Å². The zero-order valence-corrected chi connectivity index (χ0v) is 16.2. The van der Waals surface area contributed by atoms with E-state index in [2.05, 4.69) is 0 Å². The van der Waals surface area contributed by atoms with E-state index in [9.17, 15) is 38.7 Å². The van der Waals surface area contributed by atoms with Gasteiger partial charge in [0.25, 0.3) is 0 Å². The van der Waals surface area contributed by atoms with Crippen LogP contribution in [0.15, 0.2) is 0 Å². The standard InChI is InChI=1S/C15H25N7O9/c16-5(1-9(17)24)12(27)22-8(4-23)14(29)20-6(2-10(18)25)13(28)21-7(15(30)31)3-11(19)26/h5-8,23H,1-4,16H2,(H2,17,24)(H2,18,25)(H2,19,26)(H,20,29)(H,21,28)(H,22,27)(H,30,31). The van der Waals surface area contributed by atoms with Crippen LogP contribution >= 0.6 is 0 Å². The molecule has 31 heavy (non-hydrogen) atoms. The summed E-state index contributed by atoms with van der Waals surface area (Å²) in [4.78, 5) is 80.6. The zero-order chi connectivity index (χ0) is 24.3. The van der Waals surface area contributed by atoms with Gasteiger partial charge in [0.15, 0.2) is 0 Å². The lowest BCUT2D eigenvalue weighted by molar-refractivity contribution is -0.144. The van der Waals surface area contributed by atoms with Gasteiger partial charge in [0.2, 0.25) is 35.4 Å². The molecular formula is C15H25N7O9. The van der Waals surface area contributed by atoms with Crippen molar-refractivity contribution in [3.8, 4) is 0 Å². The SMILES string of the molecule is NC(=O)CC(N)C(=O)NC(CO)C(=O)NC(CC(N)=O)C(=O)NC(CC(N)=O)C(=O)O. The number of amides is 6. The van der Waals surface area contributed by atoms with Gasteiger partial charge in [0.05, 0.1) is 31.9 Å². The molecule has 0 aromatic heterocycles. The molecule has 174 valence electrons. The van der Waals surface area contributed by atoms with Crippen LogP contribution in [-0.4, -0.2) is 82.4 Å². The van der Waals surface area contributed by atoms with Crippen molar-refractivity contribution < 1.29 is 43.8 Å². The van der Waals surface area contributed by atoms with Gasteiger partial charge >= 0.3 is 5.97 Å². The van der Waals surface area contributed by atoms with Crippen LogP contribution < -0.4 is 38.9 Å². The number of carbonyl (C=O) groups excluding carboxylic acids is 6. The average molecular weight is 447 g/mol. The van der Waals surface area contributed by atoms with Crippen molar-refractivity contribution in [3.63, 3.8) is 0 Å². The molecule has 0 aliphatic heterocycles. The van der Waals surface area contributed by atoms with Gasteiger partial charge in [0, 0.05) is 0 Å². The lowest BCUT2D eigenvalue weighted by Crippen LogP contribution is -2.59. The molecule has 4 unspecified atom stereocenters. The molecule has 0 aromatic rings. The lowest BCUT2D eigenvalue weighted by atomic mass is 10.1. The van der Waals surface area contributed by atoms with Crippen LogP contribution in [-0.2, 0) is 33.6 Å². The molecule has 0 radical (unpaired) electrons. The summed E-state index contributed by atoms with van der Waals surface area (Å²) < 4.78 is 0. The Morgan fingerprint density at radius 3 is 1.45 bits per heavy atom.